The van der Waals surface area contributed by atoms with Crippen LogP contribution < -0.4 is 5.73 Å². The molecule has 5 heteroatoms. The molecule has 0 amide bonds. The van der Waals surface area contributed by atoms with Crippen molar-refractivity contribution in [2.75, 3.05) is 18.8 Å². The van der Waals surface area contributed by atoms with Gasteiger partial charge in [0.15, 0.2) is 11.5 Å². The summed E-state index contributed by atoms with van der Waals surface area (Å²) in [7, 11) is 0. The lowest BCUT2D eigenvalue weighted by atomic mass is 9.99. The third-order valence-corrected chi connectivity index (χ3v) is 3.98. The Hall–Kier alpha value is -1.62. The second-order valence-corrected chi connectivity index (χ2v) is 5.27. The van der Waals surface area contributed by atoms with E-state index in [0.717, 1.165) is 30.1 Å². The topological polar surface area (TPSA) is 59.5 Å². The number of aromatic nitrogens is 3. The maximum absolute atomic E-state index is 5.77. The van der Waals surface area contributed by atoms with Gasteiger partial charge in [0.05, 0.1) is 0 Å². The lowest BCUT2D eigenvalue weighted by Gasteiger charge is -2.34. The number of fused-ring (bicyclic) bond motifs is 1. The number of hydrogen-bond donors (Lipinski definition) is 1. The van der Waals surface area contributed by atoms with Crippen molar-refractivity contribution in [1.82, 2.24) is 19.5 Å². The van der Waals surface area contributed by atoms with Gasteiger partial charge < -0.3 is 10.6 Å². The van der Waals surface area contributed by atoms with E-state index in [4.69, 9.17) is 5.73 Å². The number of likely N-dealkylation sites (N-methyl/N-ethyl adjacent to an activating group) is 1. The number of rotatable bonds is 3. The quantitative estimate of drug-likeness (QED) is 0.912. The number of nitrogens with zero attached hydrogens (tertiary/aromatic N) is 4. The molecule has 1 saturated heterocycles. The Labute approximate surface area is 113 Å². The summed E-state index contributed by atoms with van der Waals surface area (Å²) in [4.78, 5) is 7.13. The van der Waals surface area contributed by atoms with Gasteiger partial charge >= 0.3 is 0 Å². The standard InChI is InChI=1S/C14H21N5/c1-2-18-7-4-3-5-12(18)10-13-16-14-9-11(15)6-8-19(14)17-13/h6,8-9,12H,2-5,7,10,15H2,1H3. The molecule has 0 saturated carbocycles. The predicted molar refractivity (Wildman–Crippen MR) is 76.0 cm³/mol. The van der Waals surface area contributed by atoms with Crippen LogP contribution >= 0.6 is 0 Å². The van der Waals surface area contributed by atoms with E-state index in [9.17, 15) is 0 Å². The van der Waals surface area contributed by atoms with Crippen molar-refractivity contribution in [2.24, 2.45) is 0 Å². The fraction of sp³-hybridized carbons (Fsp3) is 0.571. The minimum absolute atomic E-state index is 0.591. The summed E-state index contributed by atoms with van der Waals surface area (Å²) < 4.78 is 1.81. The largest absolute Gasteiger partial charge is 0.399 e. The highest BCUT2D eigenvalue weighted by atomic mass is 15.3. The molecule has 2 aromatic heterocycles. The molecule has 1 aliphatic heterocycles. The van der Waals surface area contributed by atoms with E-state index in [1.54, 1.807) is 0 Å². The molecule has 0 spiro atoms. The van der Waals surface area contributed by atoms with Crippen LogP contribution in [-0.4, -0.2) is 38.6 Å². The normalized spacial score (nSPS) is 21.0. The molecule has 0 aromatic carbocycles. The van der Waals surface area contributed by atoms with Crippen molar-refractivity contribution in [1.29, 1.82) is 0 Å². The summed E-state index contributed by atoms with van der Waals surface area (Å²) in [6.45, 7) is 4.56. The Kier molecular flexibility index (Phi) is 3.38. The molecule has 1 atom stereocenters. The first-order chi connectivity index (χ1) is 9.26. The SMILES string of the molecule is CCN1CCCCC1Cc1nc2cc(N)ccn2n1. The molecule has 2 aromatic rings. The van der Waals surface area contributed by atoms with Crippen LogP contribution in [0.4, 0.5) is 5.69 Å². The van der Waals surface area contributed by atoms with Gasteiger partial charge in [0.1, 0.15) is 0 Å². The number of anilines is 1. The molecule has 1 unspecified atom stereocenters. The van der Waals surface area contributed by atoms with Gasteiger partial charge in [-0.15, -0.1) is 0 Å². The molecule has 2 N–H and O–H groups in total. The van der Waals surface area contributed by atoms with Crippen molar-refractivity contribution in [3.05, 3.63) is 24.2 Å². The molecule has 0 bridgehead atoms. The average molecular weight is 259 g/mol. The highest BCUT2D eigenvalue weighted by Gasteiger charge is 2.22. The van der Waals surface area contributed by atoms with E-state index in [1.807, 2.05) is 22.8 Å². The zero-order chi connectivity index (χ0) is 13.2. The zero-order valence-electron chi connectivity index (χ0n) is 11.4. The fourth-order valence-electron chi connectivity index (χ4n) is 2.95. The lowest BCUT2D eigenvalue weighted by molar-refractivity contribution is 0.154. The van der Waals surface area contributed by atoms with Crippen LogP contribution in [0.1, 0.15) is 32.0 Å². The lowest BCUT2D eigenvalue weighted by Crippen LogP contribution is -2.40. The van der Waals surface area contributed by atoms with E-state index in [0.29, 0.717) is 6.04 Å². The van der Waals surface area contributed by atoms with Gasteiger partial charge in [-0.3, -0.25) is 0 Å². The van der Waals surface area contributed by atoms with E-state index in [1.165, 1.54) is 25.8 Å². The molecule has 102 valence electrons. The third-order valence-electron chi connectivity index (χ3n) is 3.98. The summed E-state index contributed by atoms with van der Waals surface area (Å²) in [6.07, 6.45) is 6.71. The van der Waals surface area contributed by atoms with E-state index in [-0.39, 0.29) is 0 Å². The summed E-state index contributed by atoms with van der Waals surface area (Å²) in [5, 5.41) is 4.54. The zero-order valence-corrected chi connectivity index (χ0v) is 11.4. The van der Waals surface area contributed by atoms with Gasteiger partial charge in [-0.1, -0.05) is 13.3 Å². The second-order valence-electron chi connectivity index (χ2n) is 5.27. The smallest absolute Gasteiger partial charge is 0.157 e. The van der Waals surface area contributed by atoms with Gasteiger partial charge in [0, 0.05) is 30.4 Å². The van der Waals surface area contributed by atoms with Crippen molar-refractivity contribution < 1.29 is 0 Å². The first-order valence-corrected chi connectivity index (χ1v) is 7.11. The number of hydrogen-bond acceptors (Lipinski definition) is 4. The minimum atomic E-state index is 0.591. The number of piperidine rings is 1. The Balaban J connectivity index is 1.80. The first kappa shape index (κ1) is 12.4. The van der Waals surface area contributed by atoms with Crippen molar-refractivity contribution in [3.8, 4) is 0 Å². The van der Waals surface area contributed by atoms with Crippen LogP contribution in [-0.2, 0) is 6.42 Å². The number of pyridine rings is 1. The van der Waals surface area contributed by atoms with Gasteiger partial charge in [0.2, 0.25) is 0 Å². The predicted octanol–water partition coefficient (Wildman–Crippen LogP) is 1.73. The van der Waals surface area contributed by atoms with Crippen molar-refractivity contribution in [2.45, 2.75) is 38.6 Å². The molecule has 0 aliphatic carbocycles. The summed E-state index contributed by atoms with van der Waals surface area (Å²) in [5.41, 5.74) is 7.35. The monoisotopic (exact) mass is 259 g/mol. The maximum atomic E-state index is 5.77. The second kappa shape index (κ2) is 5.17. The molecule has 5 nitrogen and oxygen atoms in total. The van der Waals surface area contributed by atoms with Crippen LogP contribution in [0, 0.1) is 0 Å². The number of nitrogen functional groups attached to an aromatic ring is 1. The van der Waals surface area contributed by atoms with Crippen molar-refractivity contribution in [3.63, 3.8) is 0 Å². The van der Waals surface area contributed by atoms with E-state index >= 15 is 0 Å². The fourth-order valence-corrected chi connectivity index (χ4v) is 2.95. The minimum Gasteiger partial charge on any atom is -0.399 e. The highest BCUT2D eigenvalue weighted by molar-refractivity contribution is 5.50. The summed E-state index contributed by atoms with van der Waals surface area (Å²) >= 11 is 0. The van der Waals surface area contributed by atoms with Crippen molar-refractivity contribution >= 4 is 11.3 Å². The molecular formula is C14H21N5. The van der Waals surface area contributed by atoms with E-state index in [2.05, 4.69) is 21.9 Å². The molecular weight excluding hydrogens is 238 g/mol. The first-order valence-electron chi connectivity index (χ1n) is 7.11. The summed E-state index contributed by atoms with van der Waals surface area (Å²) in [5.74, 6) is 0.927. The van der Waals surface area contributed by atoms with Crippen LogP contribution in [0.25, 0.3) is 5.65 Å². The average Bonchev–Trinajstić information content (AvgIpc) is 2.80. The molecule has 0 radical (unpaired) electrons. The molecule has 19 heavy (non-hydrogen) atoms. The molecule has 1 aliphatic rings. The van der Waals surface area contributed by atoms with Crippen LogP contribution in [0.5, 0.6) is 0 Å². The molecule has 3 rings (SSSR count). The molecule has 3 heterocycles. The van der Waals surface area contributed by atoms with E-state index < -0.39 is 0 Å². The van der Waals surface area contributed by atoms with Gasteiger partial charge in [-0.25, -0.2) is 9.50 Å². The Morgan fingerprint density at radius 1 is 1.42 bits per heavy atom. The Morgan fingerprint density at radius 3 is 3.16 bits per heavy atom. The van der Waals surface area contributed by atoms with Gasteiger partial charge in [-0.2, -0.15) is 5.10 Å². The number of nitrogens with two attached hydrogens (primary N) is 1. The van der Waals surface area contributed by atoms with Gasteiger partial charge in [-0.05, 0) is 32.0 Å². The van der Waals surface area contributed by atoms with Crippen LogP contribution in [0.2, 0.25) is 0 Å². The Bertz CT molecular complexity index is 562. The third kappa shape index (κ3) is 2.56. The Morgan fingerprint density at radius 2 is 2.32 bits per heavy atom. The molecule has 1 fully saturated rings. The van der Waals surface area contributed by atoms with Crippen LogP contribution in [0.15, 0.2) is 18.3 Å². The summed E-state index contributed by atoms with van der Waals surface area (Å²) in [6, 6.07) is 4.31. The maximum Gasteiger partial charge on any atom is 0.157 e. The highest BCUT2D eigenvalue weighted by Crippen LogP contribution is 2.19. The number of likely N-dealkylation sites (tertiary alicyclic amines) is 1. The van der Waals surface area contributed by atoms with Gasteiger partial charge in [0.25, 0.3) is 0 Å². The van der Waals surface area contributed by atoms with Crippen LogP contribution in [0.3, 0.4) is 0 Å².